The van der Waals surface area contributed by atoms with E-state index < -0.39 is 0 Å². The summed E-state index contributed by atoms with van der Waals surface area (Å²) in [6, 6.07) is 0.276. The number of hydrogen-bond donors (Lipinski definition) is 2. The molecule has 4 nitrogen and oxygen atoms in total. The van der Waals surface area contributed by atoms with Gasteiger partial charge in [-0.1, -0.05) is 32.6 Å². The zero-order valence-corrected chi connectivity index (χ0v) is 13.3. The fraction of sp³-hybridized carbons (Fsp3) is 0.824. The predicted octanol–water partition coefficient (Wildman–Crippen LogP) is 3.40. The molecule has 2 fully saturated rings. The molecule has 0 aliphatic heterocycles. The Kier molecular flexibility index (Phi) is 4.96. The van der Waals surface area contributed by atoms with Crippen molar-refractivity contribution in [1.29, 1.82) is 0 Å². The van der Waals surface area contributed by atoms with E-state index in [-0.39, 0.29) is 6.04 Å². The van der Waals surface area contributed by atoms with Crippen molar-refractivity contribution in [3.8, 4) is 0 Å². The topological polar surface area (TPSA) is 55.9 Å². The number of hydrogen-bond acceptors (Lipinski definition) is 3. The maximum atomic E-state index is 5.90. The smallest absolute Gasteiger partial charge is 0.0538 e. The van der Waals surface area contributed by atoms with Crippen molar-refractivity contribution in [3.05, 3.63) is 18.0 Å². The third kappa shape index (κ3) is 3.32. The lowest BCUT2D eigenvalue weighted by Gasteiger charge is -2.41. The van der Waals surface area contributed by atoms with Gasteiger partial charge in [0.25, 0.3) is 0 Å². The summed E-state index contributed by atoms with van der Waals surface area (Å²) in [6.45, 7) is 3.18. The molecule has 2 saturated carbocycles. The lowest BCUT2D eigenvalue weighted by atomic mass is 9.65. The Bertz CT molecular complexity index is 442. The monoisotopic (exact) mass is 290 g/mol. The molecule has 0 aromatic carbocycles. The van der Waals surface area contributed by atoms with Gasteiger partial charge in [-0.3, -0.25) is 16.0 Å². The molecule has 0 spiro atoms. The van der Waals surface area contributed by atoms with Gasteiger partial charge in [-0.05, 0) is 43.4 Å². The predicted molar refractivity (Wildman–Crippen MR) is 85.4 cm³/mol. The Morgan fingerprint density at radius 3 is 2.86 bits per heavy atom. The Balaban J connectivity index is 1.67. The normalized spacial score (nSPS) is 30.9. The molecule has 0 amide bonds. The molecule has 0 radical (unpaired) electrons. The molecule has 2 aliphatic rings. The van der Waals surface area contributed by atoms with Crippen LogP contribution in [-0.2, 0) is 6.54 Å². The van der Waals surface area contributed by atoms with E-state index in [4.69, 9.17) is 5.84 Å². The van der Waals surface area contributed by atoms with Gasteiger partial charge in [-0.15, -0.1) is 0 Å². The minimum absolute atomic E-state index is 0.276. The quantitative estimate of drug-likeness (QED) is 0.645. The van der Waals surface area contributed by atoms with Gasteiger partial charge >= 0.3 is 0 Å². The summed E-state index contributed by atoms with van der Waals surface area (Å²) in [6.07, 6.45) is 15.2. The Morgan fingerprint density at radius 2 is 2.10 bits per heavy atom. The third-order valence-electron chi connectivity index (χ3n) is 5.70. The zero-order chi connectivity index (χ0) is 14.7. The lowest BCUT2D eigenvalue weighted by Crippen LogP contribution is -2.38. The highest BCUT2D eigenvalue weighted by molar-refractivity contribution is 5.12. The number of fused-ring (bicyclic) bond motifs is 1. The number of hydrazine groups is 1. The second kappa shape index (κ2) is 6.93. The van der Waals surface area contributed by atoms with Crippen LogP contribution in [-0.4, -0.2) is 9.78 Å². The summed E-state index contributed by atoms with van der Waals surface area (Å²) < 4.78 is 2.05. The summed E-state index contributed by atoms with van der Waals surface area (Å²) in [5.74, 6) is 8.51. The molecule has 1 aromatic rings. The Morgan fingerprint density at radius 1 is 1.29 bits per heavy atom. The van der Waals surface area contributed by atoms with E-state index in [9.17, 15) is 0 Å². The largest absolute Gasteiger partial charge is 0.272 e. The van der Waals surface area contributed by atoms with E-state index in [1.54, 1.807) is 0 Å². The molecule has 0 bridgehead atoms. The van der Waals surface area contributed by atoms with Crippen LogP contribution in [0.5, 0.6) is 0 Å². The van der Waals surface area contributed by atoms with Crippen LogP contribution >= 0.6 is 0 Å². The first-order valence-electron chi connectivity index (χ1n) is 8.80. The van der Waals surface area contributed by atoms with E-state index in [1.165, 1.54) is 50.5 Å². The van der Waals surface area contributed by atoms with Crippen LogP contribution in [0.1, 0.15) is 69.9 Å². The van der Waals surface area contributed by atoms with Gasteiger partial charge in [-0.2, -0.15) is 5.10 Å². The van der Waals surface area contributed by atoms with Gasteiger partial charge < -0.3 is 0 Å². The molecule has 4 atom stereocenters. The highest BCUT2D eigenvalue weighted by atomic mass is 15.3. The van der Waals surface area contributed by atoms with Crippen molar-refractivity contribution in [1.82, 2.24) is 15.2 Å². The van der Waals surface area contributed by atoms with Crippen LogP contribution in [0, 0.1) is 17.8 Å². The van der Waals surface area contributed by atoms with Gasteiger partial charge in [0, 0.05) is 18.3 Å². The molecule has 4 unspecified atom stereocenters. The molecule has 4 heteroatoms. The number of aromatic nitrogens is 2. The summed E-state index contributed by atoms with van der Waals surface area (Å²) in [5.41, 5.74) is 4.35. The molecular weight excluding hydrogens is 260 g/mol. The van der Waals surface area contributed by atoms with Crippen LogP contribution in [0.2, 0.25) is 0 Å². The lowest BCUT2D eigenvalue weighted by molar-refractivity contribution is 0.109. The molecule has 1 heterocycles. The highest BCUT2D eigenvalue weighted by Gasteiger charge is 2.35. The summed E-state index contributed by atoms with van der Waals surface area (Å²) in [4.78, 5) is 0. The number of nitrogens with zero attached hydrogens (tertiary/aromatic N) is 2. The second-order valence-corrected chi connectivity index (χ2v) is 7.06. The van der Waals surface area contributed by atoms with Crippen molar-refractivity contribution in [2.24, 2.45) is 23.6 Å². The van der Waals surface area contributed by atoms with Crippen molar-refractivity contribution in [2.45, 2.75) is 70.9 Å². The van der Waals surface area contributed by atoms with E-state index in [2.05, 4.69) is 23.6 Å². The van der Waals surface area contributed by atoms with Crippen LogP contribution in [0.4, 0.5) is 0 Å². The average molecular weight is 290 g/mol. The van der Waals surface area contributed by atoms with Gasteiger partial charge in [0.1, 0.15) is 0 Å². The van der Waals surface area contributed by atoms with Crippen molar-refractivity contribution < 1.29 is 0 Å². The van der Waals surface area contributed by atoms with E-state index in [0.29, 0.717) is 5.92 Å². The first-order valence-corrected chi connectivity index (χ1v) is 8.80. The minimum Gasteiger partial charge on any atom is -0.272 e. The first kappa shape index (κ1) is 15.0. The summed E-state index contributed by atoms with van der Waals surface area (Å²) >= 11 is 0. The van der Waals surface area contributed by atoms with Crippen molar-refractivity contribution in [3.63, 3.8) is 0 Å². The Hall–Kier alpha value is -0.870. The van der Waals surface area contributed by atoms with Crippen LogP contribution in [0.3, 0.4) is 0 Å². The highest BCUT2D eigenvalue weighted by Crippen LogP contribution is 2.45. The number of aryl methyl sites for hydroxylation is 1. The number of nitrogens with one attached hydrogen (secondary N) is 1. The van der Waals surface area contributed by atoms with Gasteiger partial charge in [0.2, 0.25) is 0 Å². The molecule has 3 N–H and O–H groups in total. The van der Waals surface area contributed by atoms with Gasteiger partial charge in [0.15, 0.2) is 0 Å². The summed E-state index contributed by atoms with van der Waals surface area (Å²) in [7, 11) is 0. The van der Waals surface area contributed by atoms with Crippen LogP contribution < -0.4 is 11.3 Å². The number of rotatable bonds is 5. The SMILES string of the molecule is CCCn1cc(C(NN)C2CCC3CCCCC3C2)cn1. The molecule has 0 saturated heterocycles. The molecule has 21 heavy (non-hydrogen) atoms. The van der Waals surface area contributed by atoms with Gasteiger partial charge in [-0.25, -0.2) is 0 Å². The van der Waals surface area contributed by atoms with Gasteiger partial charge in [0.05, 0.1) is 12.2 Å². The molecule has 1 aromatic heterocycles. The maximum absolute atomic E-state index is 5.90. The van der Waals surface area contributed by atoms with E-state index >= 15 is 0 Å². The maximum Gasteiger partial charge on any atom is 0.0538 e. The average Bonchev–Trinajstić information content (AvgIpc) is 2.97. The standard InChI is InChI=1S/C17H30N4/c1-2-9-21-12-16(11-19-21)17(20-18)15-8-7-13-5-3-4-6-14(13)10-15/h11-15,17,20H,2-10,18H2,1H3. The fourth-order valence-electron chi connectivity index (χ4n) is 4.61. The molecular formula is C17H30N4. The number of nitrogens with two attached hydrogens (primary N) is 1. The Labute approximate surface area is 128 Å². The van der Waals surface area contributed by atoms with E-state index in [1.807, 2.05) is 10.9 Å². The zero-order valence-electron chi connectivity index (χ0n) is 13.3. The van der Waals surface area contributed by atoms with Crippen LogP contribution in [0.15, 0.2) is 12.4 Å². The van der Waals surface area contributed by atoms with Crippen LogP contribution in [0.25, 0.3) is 0 Å². The minimum atomic E-state index is 0.276. The first-order chi connectivity index (χ1) is 10.3. The second-order valence-electron chi connectivity index (χ2n) is 7.06. The molecule has 2 aliphatic carbocycles. The third-order valence-corrected chi connectivity index (χ3v) is 5.70. The molecule has 3 rings (SSSR count). The molecule has 118 valence electrons. The van der Waals surface area contributed by atoms with Crippen molar-refractivity contribution >= 4 is 0 Å². The van der Waals surface area contributed by atoms with E-state index in [0.717, 1.165) is 24.8 Å². The summed E-state index contributed by atoms with van der Waals surface area (Å²) in [5, 5.41) is 4.47. The van der Waals surface area contributed by atoms with Crippen molar-refractivity contribution in [2.75, 3.05) is 0 Å². The fourth-order valence-corrected chi connectivity index (χ4v) is 4.61.